The first kappa shape index (κ1) is 10.1. The summed E-state index contributed by atoms with van der Waals surface area (Å²) in [4.78, 5) is 25.8. The topological polar surface area (TPSA) is 80.9 Å². The molecule has 0 atom stereocenters. The fourth-order valence-electron chi connectivity index (χ4n) is 1.42. The predicted octanol–water partition coefficient (Wildman–Crippen LogP) is 0.368. The predicted molar refractivity (Wildman–Crippen MR) is 60.7 cm³/mol. The van der Waals surface area contributed by atoms with E-state index >= 15 is 0 Å². The number of rotatable bonds is 1. The molecule has 0 aliphatic heterocycles. The van der Waals surface area contributed by atoms with Gasteiger partial charge in [-0.1, -0.05) is 6.07 Å². The molecule has 0 fully saturated rings. The van der Waals surface area contributed by atoms with Gasteiger partial charge in [0.1, 0.15) is 0 Å². The zero-order chi connectivity index (χ0) is 11.0. The van der Waals surface area contributed by atoms with Gasteiger partial charge in [0, 0.05) is 4.47 Å². The molecule has 0 bridgehead atoms. The van der Waals surface area contributed by atoms with Crippen LogP contribution in [-0.2, 0) is 6.67 Å². The Kier molecular flexibility index (Phi) is 2.45. The number of nitrogens with one attached hydrogen (secondary N) is 1. The quantitative estimate of drug-likeness (QED) is 0.785. The summed E-state index contributed by atoms with van der Waals surface area (Å²) in [5.74, 6) is 0. The molecular formula is C9H8BrN3O2. The first-order valence-corrected chi connectivity index (χ1v) is 5.06. The summed E-state index contributed by atoms with van der Waals surface area (Å²) in [6.07, 6.45) is 0. The Morgan fingerprint density at radius 1 is 1.40 bits per heavy atom. The van der Waals surface area contributed by atoms with E-state index in [1.54, 1.807) is 18.2 Å². The maximum Gasteiger partial charge on any atom is 0.329 e. The zero-order valence-electron chi connectivity index (χ0n) is 7.66. The van der Waals surface area contributed by atoms with Crippen molar-refractivity contribution in [2.45, 2.75) is 6.67 Å². The number of aromatic nitrogens is 2. The van der Waals surface area contributed by atoms with Gasteiger partial charge in [0.25, 0.3) is 5.56 Å². The van der Waals surface area contributed by atoms with Crippen molar-refractivity contribution in [2.24, 2.45) is 5.73 Å². The molecule has 0 saturated heterocycles. The molecule has 0 spiro atoms. The molecule has 0 amide bonds. The second-order valence-electron chi connectivity index (χ2n) is 3.01. The van der Waals surface area contributed by atoms with Crippen molar-refractivity contribution in [3.8, 4) is 0 Å². The van der Waals surface area contributed by atoms with Crippen LogP contribution in [0.15, 0.2) is 32.3 Å². The van der Waals surface area contributed by atoms with E-state index in [9.17, 15) is 9.59 Å². The third-order valence-electron chi connectivity index (χ3n) is 2.14. The maximum absolute atomic E-state index is 11.8. The standard InChI is InChI=1S/C9H8BrN3O2/c10-5-2-1-3-6-7(5)8(14)13(4-11)9(15)12-6/h1-3H,4,11H2,(H,12,15). The minimum absolute atomic E-state index is 0.133. The van der Waals surface area contributed by atoms with Crippen molar-refractivity contribution in [1.82, 2.24) is 9.55 Å². The Balaban J connectivity index is 3.06. The van der Waals surface area contributed by atoms with E-state index in [-0.39, 0.29) is 12.2 Å². The van der Waals surface area contributed by atoms with E-state index in [4.69, 9.17) is 5.73 Å². The van der Waals surface area contributed by atoms with Crippen LogP contribution >= 0.6 is 15.9 Å². The number of fused-ring (bicyclic) bond motifs is 1. The highest BCUT2D eigenvalue weighted by Gasteiger charge is 2.08. The van der Waals surface area contributed by atoms with Crippen molar-refractivity contribution in [1.29, 1.82) is 0 Å². The minimum atomic E-state index is -0.492. The van der Waals surface area contributed by atoms with Gasteiger partial charge in [-0.3, -0.25) is 4.79 Å². The van der Waals surface area contributed by atoms with Crippen LogP contribution in [-0.4, -0.2) is 9.55 Å². The summed E-state index contributed by atoms with van der Waals surface area (Å²) < 4.78 is 1.59. The van der Waals surface area contributed by atoms with Crippen molar-refractivity contribution in [3.63, 3.8) is 0 Å². The SMILES string of the molecule is NCn1c(=O)[nH]c2cccc(Br)c2c1=O. The molecule has 0 aliphatic rings. The van der Waals surface area contributed by atoms with Gasteiger partial charge in [-0.2, -0.15) is 0 Å². The number of nitrogens with two attached hydrogens (primary N) is 1. The molecule has 1 heterocycles. The average molecular weight is 270 g/mol. The van der Waals surface area contributed by atoms with Crippen LogP contribution in [0.3, 0.4) is 0 Å². The molecule has 1 aromatic carbocycles. The third kappa shape index (κ3) is 1.51. The van der Waals surface area contributed by atoms with E-state index in [1.165, 1.54) is 0 Å². The Bertz CT molecular complexity index is 629. The Labute approximate surface area is 92.7 Å². The lowest BCUT2D eigenvalue weighted by atomic mass is 10.2. The van der Waals surface area contributed by atoms with Gasteiger partial charge in [0.05, 0.1) is 17.6 Å². The Hall–Kier alpha value is -1.40. The molecule has 0 aliphatic carbocycles. The molecule has 6 heteroatoms. The smallest absolute Gasteiger partial charge is 0.313 e. The molecule has 78 valence electrons. The van der Waals surface area contributed by atoms with Crippen LogP contribution < -0.4 is 17.0 Å². The monoisotopic (exact) mass is 269 g/mol. The fraction of sp³-hybridized carbons (Fsp3) is 0.111. The third-order valence-corrected chi connectivity index (χ3v) is 2.80. The van der Waals surface area contributed by atoms with Crippen LogP contribution in [0, 0.1) is 0 Å². The van der Waals surface area contributed by atoms with Gasteiger partial charge in [-0.25, -0.2) is 9.36 Å². The lowest BCUT2D eigenvalue weighted by Crippen LogP contribution is -2.37. The molecule has 3 N–H and O–H groups in total. The first-order chi connectivity index (χ1) is 7.15. The normalized spacial score (nSPS) is 10.8. The van der Waals surface area contributed by atoms with Crippen LogP contribution in [0.25, 0.3) is 10.9 Å². The number of nitrogens with zero attached hydrogens (tertiary/aromatic N) is 1. The van der Waals surface area contributed by atoms with E-state index < -0.39 is 5.69 Å². The second kappa shape index (κ2) is 3.63. The Morgan fingerprint density at radius 3 is 2.80 bits per heavy atom. The molecule has 2 aromatic rings. The summed E-state index contributed by atoms with van der Waals surface area (Å²) in [5, 5.41) is 0.433. The van der Waals surface area contributed by atoms with Gasteiger partial charge in [-0.15, -0.1) is 0 Å². The van der Waals surface area contributed by atoms with Crippen LogP contribution in [0.1, 0.15) is 0 Å². The van der Waals surface area contributed by atoms with Gasteiger partial charge >= 0.3 is 5.69 Å². The molecule has 1 aromatic heterocycles. The van der Waals surface area contributed by atoms with Crippen molar-refractivity contribution in [2.75, 3.05) is 0 Å². The lowest BCUT2D eigenvalue weighted by molar-refractivity contribution is 0.661. The molecule has 0 unspecified atom stereocenters. The van der Waals surface area contributed by atoms with Gasteiger partial charge in [0.2, 0.25) is 0 Å². The van der Waals surface area contributed by atoms with Crippen LogP contribution in [0.4, 0.5) is 0 Å². The summed E-state index contributed by atoms with van der Waals surface area (Å²) in [5.41, 5.74) is 4.95. The number of aromatic amines is 1. The Morgan fingerprint density at radius 2 is 2.13 bits per heavy atom. The number of H-pyrrole nitrogens is 1. The largest absolute Gasteiger partial charge is 0.329 e. The summed E-state index contributed by atoms with van der Waals surface area (Å²) in [7, 11) is 0. The van der Waals surface area contributed by atoms with Crippen molar-refractivity contribution in [3.05, 3.63) is 43.5 Å². The summed E-state index contributed by atoms with van der Waals surface area (Å²) >= 11 is 3.26. The van der Waals surface area contributed by atoms with E-state index in [2.05, 4.69) is 20.9 Å². The van der Waals surface area contributed by atoms with Gasteiger partial charge in [-0.05, 0) is 28.1 Å². The molecule has 5 nitrogen and oxygen atoms in total. The maximum atomic E-state index is 11.8. The van der Waals surface area contributed by atoms with Gasteiger partial charge in [0.15, 0.2) is 0 Å². The van der Waals surface area contributed by atoms with E-state index in [0.717, 1.165) is 4.57 Å². The minimum Gasteiger partial charge on any atom is -0.313 e. The summed E-state index contributed by atoms with van der Waals surface area (Å²) in [6.45, 7) is -0.133. The van der Waals surface area contributed by atoms with E-state index in [1.807, 2.05) is 0 Å². The van der Waals surface area contributed by atoms with Crippen LogP contribution in [0.5, 0.6) is 0 Å². The average Bonchev–Trinajstić information content (AvgIpc) is 2.17. The lowest BCUT2D eigenvalue weighted by Gasteiger charge is -2.04. The number of benzene rings is 1. The van der Waals surface area contributed by atoms with Crippen LogP contribution in [0.2, 0.25) is 0 Å². The molecule has 0 saturated carbocycles. The molecule has 2 rings (SSSR count). The first-order valence-electron chi connectivity index (χ1n) is 4.26. The molecule has 0 radical (unpaired) electrons. The number of hydrogen-bond acceptors (Lipinski definition) is 3. The highest BCUT2D eigenvalue weighted by molar-refractivity contribution is 9.10. The second-order valence-corrected chi connectivity index (χ2v) is 3.86. The molecule has 15 heavy (non-hydrogen) atoms. The zero-order valence-corrected chi connectivity index (χ0v) is 9.24. The number of halogens is 1. The number of hydrogen-bond donors (Lipinski definition) is 2. The highest BCUT2D eigenvalue weighted by atomic mass is 79.9. The van der Waals surface area contributed by atoms with Crippen molar-refractivity contribution >= 4 is 26.8 Å². The van der Waals surface area contributed by atoms with Gasteiger partial charge < -0.3 is 10.7 Å². The van der Waals surface area contributed by atoms with E-state index in [0.29, 0.717) is 15.4 Å². The van der Waals surface area contributed by atoms with Crippen molar-refractivity contribution < 1.29 is 0 Å². The summed E-state index contributed by atoms with van der Waals surface area (Å²) in [6, 6.07) is 5.15. The fourth-order valence-corrected chi connectivity index (χ4v) is 1.96. The molecular weight excluding hydrogens is 262 g/mol. The highest BCUT2D eigenvalue weighted by Crippen LogP contribution is 2.17.